The third-order valence-electron chi connectivity index (χ3n) is 3.64. The molecule has 0 amide bonds. The van der Waals surface area contributed by atoms with E-state index in [1.165, 1.54) is 26.6 Å². The van der Waals surface area contributed by atoms with E-state index in [1.807, 2.05) is 12.1 Å². The van der Waals surface area contributed by atoms with E-state index in [0.29, 0.717) is 0 Å². The van der Waals surface area contributed by atoms with E-state index in [4.69, 9.17) is 11.6 Å². The second-order valence-corrected chi connectivity index (χ2v) is 6.25. The molecule has 0 aliphatic carbocycles. The van der Waals surface area contributed by atoms with Gasteiger partial charge in [-0.1, -0.05) is 35.9 Å². The number of nitrogens with zero attached hydrogens (tertiary/aromatic N) is 1. The Kier molecular flexibility index (Phi) is 2.79. The zero-order valence-corrected chi connectivity index (χ0v) is 12.3. The van der Waals surface area contributed by atoms with Gasteiger partial charge < -0.3 is 4.57 Å². The highest BCUT2D eigenvalue weighted by atomic mass is 35.5. The van der Waals surface area contributed by atoms with Gasteiger partial charge in [0.25, 0.3) is 0 Å². The van der Waals surface area contributed by atoms with Gasteiger partial charge in [-0.25, -0.2) is 0 Å². The Morgan fingerprint density at radius 2 is 1.95 bits per heavy atom. The molecular formula is C17H12ClNS. The number of hydrogen-bond donors (Lipinski definition) is 0. The summed E-state index contributed by atoms with van der Waals surface area (Å²) >= 11 is 7.92. The molecule has 0 saturated heterocycles. The highest BCUT2D eigenvalue weighted by Gasteiger charge is 2.06. The minimum absolute atomic E-state index is 0.785. The Hall–Kier alpha value is -1.77. The van der Waals surface area contributed by atoms with Crippen molar-refractivity contribution in [3.63, 3.8) is 0 Å². The Labute approximate surface area is 126 Å². The molecule has 98 valence electrons. The summed E-state index contributed by atoms with van der Waals surface area (Å²) in [5.41, 5.74) is 2.55. The second kappa shape index (κ2) is 4.65. The summed E-state index contributed by atoms with van der Waals surface area (Å²) < 4.78 is 3.60. The Morgan fingerprint density at radius 3 is 2.90 bits per heavy atom. The smallest absolute Gasteiger partial charge is 0.0498 e. The molecule has 2 heterocycles. The van der Waals surface area contributed by atoms with Crippen LogP contribution >= 0.6 is 22.9 Å². The number of fused-ring (bicyclic) bond motifs is 2. The maximum atomic E-state index is 6.11. The summed E-state index contributed by atoms with van der Waals surface area (Å²) in [5.74, 6) is 0. The molecule has 0 aliphatic heterocycles. The molecule has 1 nitrogen and oxygen atoms in total. The highest BCUT2D eigenvalue weighted by molar-refractivity contribution is 7.17. The second-order valence-electron chi connectivity index (χ2n) is 4.90. The normalized spacial score (nSPS) is 11.4. The fraction of sp³-hybridized carbons (Fsp3) is 0.0588. The molecule has 2 aromatic carbocycles. The van der Waals surface area contributed by atoms with Crippen LogP contribution < -0.4 is 0 Å². The third kappa shape index (κ3) is 1.92. The molecule has 4 rings (SSSR count). The molecular weight excluding hydrogens is 286 g/mol. The van der Waals surface area contributed by atoms with Gasteiger partial charge in [-0.2, -0.15) is 0 Å². The van der Waals surface area contributed by atoms with Crippen molar-refractivity contribution in [2.45, 2.75) is 6.54 Å². The quantitative estimate of drug-likeness (QED) is 0.456. The van der Waals surface area contributed by atoms with Gasteiger partial charge in [0.05, 0.1) is 0 Å². The van der Waals surface area contributed by atoms with Crippen molar-refractivity contribution in [3.8, 4) is 0 Å². The Bertz CT molecular complexity index is 904. The molecule has 0 unspecified atom stereocenters. The van der Waals surface area contributed by atoms with Crippen LogP contribution in [0.15, 0.2) is 60.1 Å². The first-order valence-electron chi connectivity index (χ1n) is 6.51. The molecule has 0 atom stereocenters. The van der Waals surface area contributed by atoms with Crippen LogP contribution in [0.3, 0.4) is 0 Å². The van der Waals surface area contributed by atoms with Gasteiger partial charge in [-0.05, 0) is 46.0 Å². The zero-order valence-electron chi connectivity index (χ0n) is 10.7. The van der Waals surface area contributed by atoms with E-state index < -0.39 is 0 Å². The van der Waals surface area contributed by atoms with E-state index in [9.17, 15) is 0 Å². The van der Waals surface area contributed by atoms with Crippen molar-refractivity contribution < 1.29 is 0 Å². The van der Waals surface area contributed by atoms with Crippen LogP contribution in [-0.2, 0) is 6.54 Å². The van der Waals surface area contributed by atoms with E-state index in [-0.39, 0.29) is 0 Å². The molecule has 20 heavy (non-hydrogen) atoms. The lowest BCUT2D eigenvalue weighted by Gasteiger charge is -2.05. The van der Waals surface area contributed by atoms with Gasteiger partial charge in [-0.15, -0.1) is 11.3 Å². The van der Waals surface area contributed by atoms with Gasteiger partial charge in [-0.3, -0.25) is 0 Å². The van der Waals surface area contributed by atoms with E-state index in [0.717, 1.165) is 11.6 Å². The molecule has 0 bridgehead atoms. The molecule has 2 aromatic heterocycles. The van der Waals surface area contributed by atoms with Crippen LogP contribution in [0.25, 0.3) is 21.0 Å². The number of benzene rings is 2. The topological polar surface area (TPSA) is 4.93 Å². The van der Waals surface area contributed by atoms with Crippen molar-refractivity contribution in [1.82, 2.24) is 4.57 Å². The number of rotatable bonds is 2. The average Bonchev–Trinajstić information content (AvgIpc) is 3.05. The number of thiophene rings is 1. The predicted molar refractivity (Wildman–Crippen MR) is 87.9 cm³/mol. The number of halogens is 1. The number of aromatic nitrogens is 1. The molecule has 0 spiro atoms. The summed E-state index contributed by atoms with van der Waals surface area (Å²) in [7, 11) is 0. The molecule has 0 saturated carbocycles. The van der Waals surface area contributed by atoms with Crippen molar-refractivity contribution in [2.24, 2.45) is 0 Å². The van der Waals surface area contributed by atoms with Crippen molar-refractivity contribution in [2.75, 3.05) is 0 Å². The monoisotopic (exact) mass is 297 g/mol. The first-order chi connectivity index (χ1) is 9.81. The maximum Gasteiger partial charge on any atom is 0.0498 e. The largest absolute Gasteiger partial charge is 0.343 e. The summed E-state index contributed by atoms with van der Waals surface area (Å²) in [6.07, 6.45) is 2.13. The van der Waals surface area contributed by atoms with Crippen LogP contribution in [0.2, 0.25) is 5.02 Å². The lowest BCUT2D eigenvalue weighted by atomic mass is 10.2. The predicted octanol–water partition coefficient (Wildman–Crippen LogP) is 5.56. The summed E-state index contributed by atoms with van der Waals surface area (Å²) in [4.78, 5) is 0. The van der Waals surface area contributed by atoms with E-state index in [2.05, 4.69) is 52.5 Å². The van der Waals surface area contributed by atoms with E-state index >= 15 is 0 Å². The minimum Gasteiger partial charge on any atom is -0.343 e. The molecule has 0 N–H and O–H groups in total. The first kappa shape index (κ1) is 12.0. The van der Waals surface area contributed by atoms with Crippen LogP contribution in [0.1, 0.15) is 5.56 Å². The lowest BCUT2D eigenvalue weighted by molar-refractivity contribution is 0.846. The van der Waals surface area contributed by atoms with Gasteiger partial charge in [0.1, 0.15) is 0 Å². The molecule has 0 fully saturated rings. The van der Waals surface area contributed by atoms with Gasteiger partial charge in [0, 0.05) is 28.0 Å². The van der Waals surface area contributed by atoms with Crippen LogP contribution in [0.4, 0.5) is 0 Å². The Morgan fingerprint density at radius 1 is 1.05 bits per heavy atom. The van der Waals surface area contributed by atoms with Gasteiger partial charge in [0.15, 0.2) is 0 Å². The van der Waals surface area contributed by atoms with Crippen LogP contribution in [0, 0.1) is 0 Å². The molecule has 0 radical (unpaired) electrons. The molecule has 3 heteroatoms. The standard InChI is InChI=1S/C17H12ClNS/c18-14-6-5-12-7-8-19(16(12)9-14)10-13-11-20-17-4-2-1-3-15(13)17/h1-9,11H,10H2. The fourth-order valence-corrected chi connectivity index (χ4v) is 3.75. The van der Waals surface area contributed by atoms with Gasteiger partial charge >= 0.3 is 0 Å². The van der Waals surface area contributed by atoms with Gasteiger partial charge in [0.2, 0.25) is 0 Å². The van der Waals surface area contributed by atoms with Crippen LogP contribution in [-0.4, -0.2) is 4.57 Å². The van der Waals surface area contributed by atoms with Crippen molar-refractivity contribution in [3.05, 3.63) is 70.7 Å². The maximum absolute atomic E-state index is 6.11. The van der Waals surface area contributed by atoms with Crippen molar-refractivity contribution in [1.29, 1.82) is 0 Å². The minimum atomic E-state index is 0.785. The Balaban J connectivity index is 1.82. The third-order valence-corrected chi connectivity index (χ3v) is 4.89. The lowest BCUT2D eigenvalue weighted by Crippen LogP contribution is -1.96. The summed E-state index contributed by atoms with van der Waals surface area (Å²) in [5, 5.41) is 5.61. The highest BCUT2D eigenvalue weighted by Crippen LogP contribution is 2.28. The average molecular weight is 298 g/mol. The van der Waals surface area contributed by atoms with Crippen LogP contribution in [0.5, 0.6) is 0 Å². The first-order valence-corrected chi connectivity index (χ1v) is 7.76. The number of hydrogen-bond acceptors (Lipinski definition) is 1. The summed E-state index contributed by atoms with van der Waals surface area (Å²) in [6, 6.07) is 16.7. The SMILES string of the molecule is Clc1ccc2ccn(Cc3csc4ccccc34)c2c1. The molecule has 0 aliphatic rings. The fourth-order valence-electron chi connectivity index (χ4n) is 2.63. The van der Waals surface area contributed by atoms with Crippen molar-refractivity contribution >= 4 is 43.9 Å². The van der Waals surface area contributed by atoms with E-state index in [1.54, 1.807) is 11.3 Å². The summed E-state index contributed by atoms with van der Waals surface area (Å²) in [6.45, 7) is 0.883. The molecule has 4 aromatic rings. The zero-order chi connectivity index (χ0) is 13.5.